The molecule has 3 heterocycles. The number of aromatic nitrogens is 3. The number of amides is 2. The van der Waals surface area contributed by atoms with Gasteiger partial charge in [-0.25, -0.2) is 8.78 Å². The number of nitrogens with one attached hydrogen (secondary N) is 4. The quantitative estimate of drug-likeness (QED) is 0.401. The number of carbonyl (C=O) groups excluding carboxylic acids is 2. The number of halogens is 2. The maximum Gasteiger partial charge on any atom is 0.314 e. The van der Waals surface area contributed by atoms with Gasteiger partial charge in [-0.3, -0.25) is 14.3 Å². The number of nitrogens with zero attached hydrogens (tertiary/aromatic N) is 2. The van der Waals surface area contributed by atoms with Crippen LogP contribution in [0.2, 0.25) is 0 Å². The zero-order valence-corrected chi connectivity index (χ0v) is 20.5. The lowest BCUT2D eigenvalue weighted by molar-refractivity contribution is -0.148. The molecule has 37 heavy (non-hydrogen) atoms. The van der Waals surface area contributed by atoms with Gasteiger partial charge < -0.3 is 26.0 Å². The van der Waals surface area contributed by atoms with Gasteiger partial charge in [0.05, 0.1) is 17.3 Å². The molecule has 0 saturated heterocycles. The molecule has 2 aromatic rings. The number of alkyl halides is 2. The summed E-state index contributed by atoms with van der Waals surface area (Å²) in [5, 5.41) is 24.7. The third-order valence-electron chi connectivity index (χ3n) is 9.42. The van der Waals surface area contributed by atoms with Crippen molar-refractivity contribution >= 4 is 23.5 Å². The van der Waals surface area contributed by atoms with Gasteiger partial charge in [0.25, 0.3) is 0 Å². The highest BCUT2D eigenvalue weighted by Crippen LogP contribution is 2.60. The molecule has 5 atom stereocenters. The summed E-state index contributed by atoms with van der Waals surface area (Å²) in [7, 11) is 0. The fraction of sp³-hybridized carbons (Fsp3) is 0.654. The van der Waals surface area contributed by atoms with Crippen LogP contribution in [0.1, 0.15) is 69.4 Å². The van der Waals surface area contributed by atoms with Crippen LogP contribution in [0.4, 0.5) is 20.4 Å². The molecule has 3 unspecified atom stereocenters. The number of aromatic amines is 1. The highest BCUT2D eigenvalue weighted by Gasteiger charge is 2.56. The fourth-order valence-electron chi connectivity index (χ4n) is 8.08. The smallest absolute Gasteiger partial charge is 0.314 e. The maximum absolute atomic E-state index is 13.5. The van der Waals surface area contributed by atoms with Crippen LogP contribution in [-0.2, 0) is 16.1 Å². The number of rotatable bonds is 3. The molecule has 198 valence electrons. The molecular weight excluding hydrogens is 482 g/mol. The van der Waals surface area contributed by atoms with E-state index in [0.717, 1.165) is 54.7 Å². The van der Waals surface area contributed by atoms with Gasteiger partial charge in [0.1, 0.15) is 5.82 Å². The number of hydrogen-bond donors (Lipinski definition) is 5. The van der Waals surface area contributed by atoms with Crippen LogP contribution in [0, 0.1) is 17.8 Å². The van der Waals surface area contributed by atoms with Crippen LogP contribution < -0.4 is 16.0 Å². The molecule has 5 fully saturated rings. The molecule has 9 nitrogen and oxygen atoms in total. The second kappa shape index (κ2) is 8.02. The van der Waals surface area contributed by atoms with Crippen molar-refractivity contribution < 1.29 is 23.5 Å². The molecule has 4 bridgehead atoms. The number of carbonyl (C=O) groups is 2. The number of H-pyrrole nitrogens is 1. The van der Waals surface area contributed by atoms with Crippen LogP contribution in [-0.4, -0.2) is 49.3 Å². The van der Waals surface area contributed by atoms with Gasteiger partial charge in [0.2, 0.25) is 5.92 Å². The van der Waals surface area contributed by atoms with Crippen molar-refractivity contribution in [3.05, 3.63) is 17.8 Å². The number of aliphatic hydroxyl groups is 1. The van der Waals surface area contributed by atoms with Gasteiger partial charge in [0.15, 0.2) is 5.82 Å². The van der Waals surface area contributed by atoms with Crippen molar-refractivity contribution in [2.45, 2.75) is 87.9 Å². The van der Waals surface area contributed by atoms with Crippen LogP contribution >= 0.6 is 0 Å². The van der Waals surface area contributed by atoms with Crippen LogP contribution in [0.3, 0.4) is 0 Å². The van der Waals surface area contributed by atoms with Crippen LogP contribution in [0.5, 0.6) is 0 Å². The maximum atomic E-state index is 13.5. The van der Waals surface area contributed by atoms with Crippen LogP contribution in [0.15, 0.2) is 12.3 Å². The lowest BCUT2D eigenvalue weighted by Crippen LogP contribution is -2.55. The summed E-state index contributed by atoms with van der Waals surface area (Å²) < 4.78 is 29.0. The molecule has 5 N–H and O–H groups in total. The zero-order chi connectivity index (χ0) is 25.5. The normalized spacial score (nSPS) is 33.4. The second-order valence-electron chi connectivity index (χ2n) is 12.0. The Morgan fingerprint density at radius 1 is 1.11 bits per heavy atom. The Balaban J connectivity index is 1.17. The topological polar surface area (TPSA) is 124 Å². The monoisotopic (exact) mass is 514 g/mol. The highest BCUT2D eigenvalue weighted by molar-refractivity contribution is 6.39. The summed E-state index contributed by atoms with van der Waals surface area (Å²) in [6, 6.07) is 1.67. The van der Waals surface area contributed by atoms with E-state index < -0.39 is 29.4 Å². The average Bonchev–Trinajstić information content (AvgIpc) is 3.44. The molecule has 11 heteroatoms. The molecule has 0 radical (unpaired) electrons. The van der Waals surface area contributed by atoms with E-state index in [1.807, 2.05) is 12.3 Å². The summed E-state index contributed by atoms with van der Waals surface area (Å²) in [6.45, 7) is 0.437. The largest absolute Gasteiger partial charge is 0.390 e. The van der Waals surface area contributed by atoms with Crippen molar-refractivity contribution in [1.29, 1.82) is 0 Å². The van der Waals surface area contributed by atoms with E-state index in [-0.39, 0.29) is 31.7 Å². The first-order valence-corrected chi connectivity index (χ1v) is 13.4. The van der Waals surface area contributed by atoms with Crippen molar-refractivity contribution in [1.82, 2.24) is 20.1 Å². The minimum absolute atomic E-state index is 0.120. The predicted molar refractivity (Wildman–Crippen MR) is 131 cm³/mol. The van der Waals surface area contributed by atoms with Gasteiger partial charge in [0, 0.05) is 42.8 Å². The van der Waals surface area contributed by atoms with E-state index in [1.54, 1.807) is 0 Å². The molecule has 5 aliphatic carbocycles. The molecule has 8 rings (SSSR count). The van der Waals surface area contributed by atoms with E-state index in [9.17, 15) is 23.5 Å². The van der Waals surface area contributed by atoms with Gasteiger partial charge in [-0.05, 0) is 68.8 Å². The molecule has 6 aliphatic rings. The van der Waals surface area contributed by atoms with Crippen molar-refractivity contribution in [2.24, 2.45) is 17.8 Å². The molecule has 2 aromatic heterocycles. The minimum Gasteiger partial charge on any atom is -0.390 e. The number of hydrogen-bond acceptors (Lipinski definition) is 5. The van der Waals surface area contributed by atoms with Crippen molar-refractivity contribution in [3.63, 3.8) is 0 Å². The van der Waals surface area contributed by atoms with E-state index in [2.05, 4.69) is 25.6 Å². The van der Waals surface area contributed by atoms with E-state index in [0.29, 0.717) is 30.1 Å². The first-order valence-electron chi connectivity index (χ1n) is 13.4. The van der Waals surface area contributed by atoms with Crippen molar-refractivity contribution in [2.75, 3.05) is 10.6 Å². The molecule has 1 aliphatic heterocycles. The van der Waals surface area contributed by atoms with E-state index >= 15 is 0 Å². The molecule has 0 aromatic carbocycles. The van der Waals surface area contributed by atoms with Crippen LogP contribution in [0.25, 0.3) is 11.3 Å². The SMILES string of the molecule is O=C(Nc1nn(C2[C@@H]3CC4C[C@H]2CC(O)(C4)C3)c2c1CNc1[nH]ccc1-2)C(=O)NC1CCC(F)(F)CC1. The first kappa shape index (κ1) is 23.2. The van der Waals surface area contributed by atoms with E-state index in [1.165, 1.54) is 0 Å². The zero-order valence-electron chi connectivity index (χ0n) is 20.5. The molecule has 5 saturated carbocycles. The van der Waals surface area contributed by atoms with Gasteiger partial charge in [-0.2, -0.15) is 5.10 Å². The Morgan fingerprint density at radius 2 is 1.84 bits per heavy atom. The minimum atomic E-state index is -2.70. The predicted octanol–water partition coefficient (Wildman–Crippen LogP) is 3.55. The number of anilines is 2. The summed E-state index contributed by atoms with van der Waals surface area (Å²) in [6.07, 6.45) is 6.14. The summed E-state index contributed by atoms with van der Waals surface area (Å²) >= 11 is 0. The molecule has 0 spiro atoms. The second-order valence-corrected chi connectivity index (χ2v) is 12.0. The summed E-state index contributed by atoms with van der Waals surface area (Å²) in [4.78, 5) is 28.8. The Bertz CT molecular complexity index is 1250. The number of fused-ring (bicyclic) bond motifs is 3. The Kier molecular flexibility index (Phi) is 5.03. The third-order valence-corrected chi connectivity index (χ3v) is 9.42. The summed E-state index contributed by atoms with van der Waals surface area (Å²) in [5.41, 5.74) is 2.15. The molecule has 2 amide bonds. The third kappa shape index (κ3) is 3.84. The molecular formula is C26H32F2N6O3. The Hall–Kier alpha value is -2.95. The van der Waals surface area contributed by atoms with Gasteiger partial charge >= 0.3 is 11.8 Å². The Morgan fingerprint density at radius 3 is 2.54 bits per heavy atom. The van der Waals surface area contributed by atoms with Gasteiger partial charge in [-0.15, -0.1) is 0 Å². The van der Waals surface area contributed by atoms with Gasteiger partial charge in [-0.1, -0.05) is 0 Å². The Labute approximate surface area is 212 Å². The highest BCUT2D eigenvalue weighted by atomic mass is 19.3. The van der Waals surface area contributed by atoms with E-state index in [4.69, 9.17) is 5.10 Å². The van der Waals surface area contributed by atoms with Crippen molar-refractivity contribution in [3.8, 4) is 11.3 Å². The average molecular weight is 515 g/mol. The lowest BCUT2D eigenvalue weighted by Gasteiger charge is -2.58. The standard InChI is InChI=1S/C26H32F2N6O3/c27-26(28)4-1-16(2-5-26)31-23(35)24(36)32-22-18-12-30-21-17(3-6-29-21)20(18)34(33-22)19-14-7-13-8-15(19)11-25(37,9-13)10-14/h3,6,13-16,19,29-30,37H,1-2,4-5,7-12H2,(H,31,35)(H,32,33,36)/t13?,14-,15+,19?,25?. The first-order chi connectivity index (χ1) is 17.7. The lowest BCUT2D eigenvalue weighted by atomic mass is 9.52. The summed E-state index contributed by atoms with van der Waals surface area (Å²) in [5.74, 6) is -1.96. The fourth-order valence-corrected chi connectivity index (χ4v) is 8.08.